The second kappa shape index (κ2) is 6.46. The molecular formula is C15H15BrF3N3O2. The highest BCUT2D eigenvalue weighted by Gasteiger charge is 2.34. The maximum atomic E-state index is 13.0. The number of carbonyl (C=O) groups excluding carboxylic acids is 1. The van der Waals surface area contributed by atoms with Gasteiger partial charge in [0, 0.05) is 11.3 Å². The number of ether oxygens (including phenoxy) is 1. The summed E-state index contributed by atoms with van der Waals surface area (Å²) in [6.45, 7) is 5.18. The van der Waals surface area contributed by atoms with Gasteiger partial charge in [0.25, 0.3) is 0 Å². The predicted molar refractivity (Wildman–Crippen MR) is 86.5 cm³/mol. The van der Waals surface area contributed by atoms with Crippen LogP contribution in [0.2, 0.25) is 0 Å². The van der Waals surface area contributed by atoms with Gasteiger partial charge in [-0.25, -0.2) is 14.3 Å². The SMILES string of the molecule is CC(C)(C)OC(=O)Nc1ccc(-c2c(Br)ncn2C(F)(F)F)cc1. The molecule has 5 nitrogen and oxygen atoms in total. The number of aromatic nitrogens is 2. The van der Waals surface area contributed by atoms with Gasteiger partial charge in [0.05, 0.1) is 5.69 Å². The first-order valence-corrected chi connectivity index (χ1v) is 7.67. The van der Waals surface area contributed by atoms with Gasteiger partial charge in [0.2, 0.25) is 0 Å². The number of alkyl halides is 3. The zero-order valence-corrected chi connectivity index (χ0v) is 14.7. The van der Waals surface area contributed by atoms with Crippen molar-refractivity contribution in [2.45, 2.75) is 32.7 Å². The van der Waals surface area contributed by atoms with Crippen molar-refractivity contribution in [2.75, 3.05) is 5.32 Å². The molecular weight excluding hydrogens is 391 g/mol. The van der Waals surface area contributed by atoms with Gasteiger partial charge in [-0.15, -0.1) is 13.2 Å². The summed E-state index contributed by atoms with van der Waals surface area (Å²) in [5.74, 6) is 0. The Bertz CT molecular complexity index is 734. The minimum Gasteiger partial charge on any atom is -0.444 e. The minimum atomic E-state index is -4.58. The number of nitrogens with zero attached hydrogens (tertiary/aromatic N) is 2. The van der Waals surface area contributed by atoms with Crippen LogP contribution in [0.3, 0.4) is 0 Å². The fraction of sp³-hybridized carbons (Fsp3) is 0.333. The molecule has 2 rings (SSSR count). The van der Waals surface area contributed by atoms with Crippen LogP contribution in [-0.4, -0.2) is 21.2 Å². The van der Waals surface area contributed by atoms with Gasteiger partial charge in [-0.2, -0.15) is 0 Å². The van der Waals surface area contributed by atoms with Crippen molar-refractivity contribution in [3.8, 4) is 11.3 Å². The maximum absolute atomic E-state index is 13.0. The van der Waals surface area contributed by atoms with Crippen molar-refractivity contribution in [1.82, 2.24) is 9.55 Å². The van der Waals surface area contributed by atoms with Crippen molar-refractivity contribution in [2.24, 2.45) is 0 Å². The molecule has 1 aromatic heterocycles. The number of halogens is 4. The van der Waals surface area contributed by atoms with E-state index in [0.717, 1.165) is 0 Å². The van der Waals surface area contributed by atoms with E-state index in [1.54, 1.807) is 20.8 Å². The number of anilines is 1. The predicted octanol–water partition coefficient (Wildman–Crippen LogP) is 5.14. The van der Waals surface area contributed by atoms with Crippen LogP contribution in [0.25, 0.3) is 11.3 Å². The van der Waals surface area contributed by atoms with Crippen LogP contribution < -0.4 is 5.32 Å². The molecule has 1 aromatic carbocycles. The average Bonchev–Trinajstić information content (AvgIpc) is 2.79. The Balaban J connectivity index is 2.22. The molecule has 24 heavy (non-hydrogen) atoms. The first-order valence-electron chi connectivity index (χ1n) is 6.88. The Kier molecular flexibility index (Phi) is 4.93. The van der Waals surface area contributed by atoms with Crippen LogP contribution in [0, 0.1) is 0 Å². The van der Waals surface area contributed by atoms with E-state index in [2.05, 4.69) is 26.2 Å². The number of rotatable bonds is 2. The molecule has 0 fully saturated rings. The summed E-state index contributed by atoms with van der Waals surface area (Å²) in [5.41, 5.74) is -0.0615. The summed E-state index contributed by atoms with van der Waals surface area (Å²) in [6, 6.07) is 5.88. The van der Waals surface area contributed by atoms with Crippen LogP contribution in [0.4, 0.5) is 23.7 Å². The molecule has 130 valence electrons. The van der Waals surface area contributed by atoms with Crippen molar-refractivity contribution in [1.29, 1.82) is 0 Å². The zero-order chi connectivity index (χ0) is 18.1. The Morgan fingerprint density at radius 2 is 1.79 bits per heavy atom. The van der Waals surface area contributed by atoms with Crippen molar-refractivity contribution < 1.29 is 22.7 Å². The Morgan fingerprint density at radius 1 is 1.21 bits per heavy atom. The zero-order valence-electron chi connectivity index (χ0n) is 13.1. The summed E-state index contributed by atoms with van der Waals surface area (Å²) in [4.78, 5) is 15.3. The second-order valence-electron chi connectivity index (χ2n) is 5.93. The molecule has 0 radical (unpaired) electrons. The van der Waals surface area contributed by atoms with E-state index in [0.29, 0.717) is 17.6 Å². The summed E-state index contributed by atoms with van der Waals surface area (Å²) >= 11 is 3.02. The Hall–Kier alpha value is -2.03. The van der Waals surface area contributed by atoms with Crippen LogP contribution in [0.5, 0.6) is 0 Å². The van der Waals surface area contributed by atoms with E-state index in [4.69, 9.17) is 4.74 Å². The first-order chi connectivity index (χ1) is 11.0. The number of carbonyl (C=O) groups is 1. The van der Waals surface area contributed by atoms with Crippen LogP contribution in [0.15, 0.2) is 35.2 Å². The molecule has 2 aromatic rings. The molecule has 0 spiro atoms. The highest BCUT2D eigenvalue weighted by Crippen LogP contribution is 2.34. The van der Waals surface area contributed by atoms with E-state index in [9.17, 15) is 18.0 Å². The van der Waals surface area contributed by atoms with Gasteiger partial charge in [0.1, 0.15) is 16.5 Å². The van der Waals surface area contributed by atoms with E-state index < -0.39 is 18.0 Å². The second-order valence-corrected chi connectivity index (χ2v) is 6.68. The third-order valence-electron chi connectivity index (χ3n) is 2.80. The van der Waals surface area contributed by atoms with Gasteiger partial charge >= 0.3 is 12.4 Å². The molecule has 1 N–H and O–H groups in total. The normalized spacial score (nSPS) is 12.1. The molecule has 0 bridgehead atoms. The number of nitrogens with one attached hydrogen (secondary N) is 1. The van der Waals surface area contributed by atoms with Gasteiger partial charge in [-0.05, 0) is 48.8 Å². The highest BCUT2D eigenvalue weighted by atomic mass is 79.9. The monoisotopic (exact) mass is 405 g/mol. The Labute approximate surface area is 145 Å². The van der Waals surface area contributed by atoms with E-state index in [-0.39, 0.29) is 14.9 Å². The van der Waals surface area contributed by atoms with Gasteiger partial charge in [0.15, 0.2) is 0 Å². The summed E-state index contributed by atoms with van der Waals surface area (Å²) in [6.07, 6.45) is -4.52. The van der Waals surface area contributed by atoms with Crippen LogP contribution in [-0.2, 0) is 11.0 Å². The molecule has 0 unspecified atom stereocenters. The fourth-order valence-electron chi connectivity index (χ4n) is 1.91. The lowest BCUT2D eigenvalue weighted by Crippen LogP contribution is -2.27. The van der Waals surface area contributed by atoms with Crippen LogP contribution >= 0.6 is 15.9 Å². The molecule has 1 amide bonds. The van der Waals surface area contributed by atoms with E-state index in [1.165, 1.54) is 24.3 Å². The van der Waals surface area contributed by atoms with E-state index >= 15 is 0 Å². The number of hydrogen-bond donors (Lipinski definition) is 1. The van der Waals surface area contributed by atoms with E-state index in [1.807, 2.05) is 0 Å². The topological polar surface area (TPSA) is 56.1 Å². The Morgan fingerprint density at radius 3 is 2.29 bits per heavy atom. The maximum Gasteiger partial charge on any atom is 0.490 e. The third-order valence-corrected chi connectivity index (χ3v) is 3.38. The lowest BCUT2D eigenvalue weighted by atomic mass is 10.1. The molecule has 0 saturated carbocycles. The largest absolute Gasteiger partial charge is 0.490 e. The van der Waals surface area contributed by atoms with Gasteiger partial charge in [-0.3, -0.25) is 5.32 Å². The molecule has 0 atom stereocenters. The summed E-state index contributed by atoms with van der Waals surface area (Å²) < 4.78 is 44.3. The quantitative estimate of drug-likeness (QED) is 0.752. The number of imidazole rings is 1. The van der Waals surface area contributed by atoms with Gasteiger partial charge < -0.3 is 4.74 Å². The average molecular weight is 406 g/mol. The fourth-order valence-corrected chi connectivity index (χ4v) is 2.42. The molecule has 9 heteroatoms. The minimum absolute atomic E-state index is 0.0766. The van der Waals surface area contributed by atoms with Crippen molar-refractivity contribution >= 4 is 27.7 Å². The highest BCUT2D eigenvalue weighted by molar-refractivity contribution is 9.10. The number of benzene rings is 1. The smallest absolute Gasteiger partial charge is 0.444 e. The molecule has 0 aliphatic rings. The molecule has 1 heterocycles. The third kappa shape index (κ3) is 4.50. The summed E-state index contributed by atoms with van der Waals surface area (Å²) in [7, 11) is 0. The van der Waals surface area contributed by atoms with Crippen molar-refractivity contribution in [3.63, 3.8) is 0 Å². The van der Waals surface area contributed by atoms with Crippen molar-refractivity contribution in [3.05, 3.63) is 35.2 Å². The molecule has 0 aliphatic heterocycles. The molecule has 0 aliphatic carbocycles. The van der Waals surface area contributed by atoms with Gasteiger partial charge in [-0.1, -0.05) is 12.1 Å². The van der Waals surface area contributed by atoms with Crippen LogP contribution in [0.1, 0.15) is 20.8 Å². The molecule has 0 saturated heterocycles. The first kappa shape index (κ1) is 18.3. The standard InChI is InChI=1S/C15H15BrF3N3O2/c1-14(2,3)24-13(23)21-10-6-4-9(5-7-10)11-12(16)20-8-22(11)15(17,18)19/h4-8H,1-3H3,(H,21,23). The number of hydrogen-bond acceptors (Lipinski definition) is 3. The lowest BCUT2D eigenvalue weighted by molar-refractivity contribution is -0.202. The lowest BCUT2D eigenvalue weighted by Gasteiger charge is -2.19. The number of amides is 1. The summed E-state index contributed by atoms with van der Waals surface area (Å²) in [5, 5.41) is 2.51.